The molecule has 0 atom stereocenters. The van der Waals surface area contributed by atoms with Crippen molar-refractivity contribution in [3.63, 3.8) is 0 Å². The number of rotatable bonds is 6. The number of amides is 1. The summed E-state index contributed by atoms with van der Waals surface area (Å²) in [5, 5.41) is 2.93. The molecule has 1 amide bonds. The van der Waals surface area contributed by atoms with E-state index in [1.807, 2.05) is 0 Å². The van der Waals surface area contributed by atoms with E-state index in [0.29, 0.717) is 16.3 Å². The number of carbonyl (C=O) groups is 3. The fourth-order valence-corrected chi connectivity index (χ4v) is 2.41. The zero-order valence-corrected chi connectivity index (χ0v) is 15.8. The van der Waals surface area contributed by atoms with Gasteiger partial charge < -0.3 is 19.5 Å². The van der Waals surface area contributed by atoms with Crippen LogP contribution < -0.4 is 10.1 Å². The summed E-state index contributed by atoms with van der Waals surface area (Å²) < 4.78 is 14.8. The summed E-state index contributed by atoms with van der Waals surface area (Å²) in [6, 6.07) is 9.24. The molecule has 8 heteroatoms. The lowest BCUT2D eigenvalue weighted by molar-refractivity contribution is -0.119. The quantitative estimate of drug-likeness (QED) is 0.760. The first-order valence-corrected chi connectivity index (χ1v) is 8.23. The number of hydrogen-bond acceptors (Lipinski definition) is 6. The van der Waals surface area contributed by atoms with Crippen LogP contribution in [0.2, 0.25) is 5.02 Å². The molecular weight excluding hydrogens is 374 g/mol. The number of nitrogens with one attached hydrogen (secondary N) is 1. The third kappa shape index (κ3) is 5.21. The van der Waals surface area contributed by atoms with Crippen LogP contribution in [0.25, 0.3) is 0 Å². The molecule has 0 radical (unpaired) electrons. The van der Waals surface area contributed by atoms with Crippen molar-refractivity contribution in [2.24, 2.45) is 0 Å². The minimum absolute atomic E-state index is 0.113. The molecule has 0 spiro atoms. The van der Waals surface area contributed by atoms with Crippen LogP contribution in [0.15, 0.2) is 36.4 Å². The molecule has 7 nitrogen and oxygen atoms in total. The average molecular weight is 392 g/mol. The van der Waals surface area contributed by atoms with Crippen molar-refractivity contribution >= 4 is 35.1 Å². The van der Waals surface area contributed by atoms with E-state index in [1.165, 1.54) is 32.4 Å². The first-order valence-electron chi connectivity index (χ1n) is 7.85. The first-order chi connectivity index (χ1) is 12.8. The second-order valence-corrected chi connectivity index (χ2v) is 5.93. The summed E-state index contributed by atoms with van der Waals surface area (Å²) in [6.45, 7) is 1.25. The fraction of sp³-hybridized carbons (Fsp3) is 0.211. The molecule has 0 aliphatic carbocycles. The van der Waals surface area contributed by atoms with E-state index in [0.717, 1.165) is 5.56 Å². The predicted octanol–water partition coefficient (Wildman–Crippen LogP) is 3.24. The smallest absolute Gasteiger partial charge is 0.342 e. The van der Waals surface area contributed by atoms with Crippen LogP contribution in [0.4, 0.5) is 5.69 Å². The standard InChI is InChI=1S/C19H18ClNO6/c1-11-4-5-12(18(23)26-3)8-15(11)21-17(22)10-27-19(24)14-9-13(20)6-7-16(14)25-2/h4-9H,10H2,1-3H3,(H,21,22). The third-order valence-corrected chi connectivity index (χ3v) is 3.88. The van der Waals surface area contributed by atoms with Crippen molar-refractivity contribution in [1.29, 1.82) is 0 Å². The Kier molecular flexibility index (Phi) is 6.79. The van der Waals surface area contributed by atoms with E-state index in [1.54, 1.807) is 25.1 Å². The normalized spacial score (nSPS) is 10.1. The monoisotopic (exact) mass is 391 g/mol. The van der Waals surface area contributed by atoms with Gasteiger partial charge in [0.2, 0.25) is 0 Å². The van der Waals surface area contributed by atoms with Gasteiger partial charge in [0.15, 0.2) is 6.61 Å². The Morgan fingerprint density at radius 3 is 2.44 bits per heavy atom. The Balaban J connectivity index is 2.04. The van der Waals surface area contributed by atoms with E-state index in [2.05, 4.69) is 10.1 Å². The molecule has 0 aliphatic heterocycles. The lowest BCUT2D eigenvalue weighted by atomic mass is 10.1. The van der Waals surface area contributed by atoms with Crippen molar-refractivity contribution in [2.45, 2.75) is 6.92 Å². The molecule has 0 aromatic heterocycles. The summed E-state index contributed by atoms with van der Waals surface area (Å²) >= 11 is 5.88. The number of anilines is 1. The van der Waals surface area contributed by atoms with E-state index in [4.69, 9.17) is 21.1 Å². The molecule has 27 heavy (non-hydrogen) atoms. The van der Waals surface area contributed by atoms with Crippen molar-refractivity contribution in [2.75, 3.05) is 26.1 Å². The summed E-state index contributed by atoms with van der Waals surface area (Å²) in [6.07, 6.45) is 0. The number of methoxy groups -OCH3 is 2. The highest BCUT2D eigenvalue weighted by molar-refractivity contribution is 6.31. The highest BCUT2D eigenvalue weighted by Crippen LogP contribution is 2.23. The second kappa shape index (κ2) is 9.05. The van der Waals surface area contributed by atoms with Gasteiger partial charge in [-0.25, -0.2) is 9.59 Å². The van der Waals surface area contributed by atoms with Gasteiger partial charge in [0, 0.05) is 10.7 Å². The molecular formula is C19H18ClNO6. The van der Waals surface area contributed by atoms with Gasteiger partial charge in [-0.3, -0.25) is 4.79 Å². The number of benzene rings is 2. The van der Waals surface area contributed by atoms with E-state index in [9.17, 15) is 14.4 Å². The zero-order chi connectivity index (χ0) is 20.0. The molecule has 0 saturated carbocycles. The van der Waals surface area contributed by atoms with Crippen molar-refractivity contribution < 1.29 is 28.6 Å². The molecule has 0 fully saturated rings. The SMILES string of the molecule is COC(=O)c1ccc(C)c(NC(=O)COC(=O)c2cc(Cl)ccc2OC)c1. The van der Waals surface area contributed by atoms with Crippen LogP contribution in [0.3, 0.4) is 0 Å². The lowest BCUT2D eigenvalue weighted by Crippen LogP contribution is -2.22. The van der Waals surface area contributed by atoms with E-state index < -0.39 is 24.5 Å². The van der Waals surface area contributed by atoms with Gasteiger partial charge in [0.25, 0.3) is 5.91 Å². The van der Waals surface area contributed by atoms with Crippen LogP contribution in [0.1, 0.15) is 26.3 Å². The van der Waals surface area contributed by atoms with Gasteiger partial charge in [-0.1, -0.05) is 17.7 Å². The topological polar surface area (TPSA) is 90.9 Å². The molecule has 0 bridgehead atoms. The van der Waals surface area contributed by atoms with Gasteiger partial charge in [0.05, 0.1) is 19.8 Å². The van der Waals surface area contributed by atoms with Crippen molar-refractivity contribution in [3.05, 3.63) is 58.1 Å². The number of halogens is 1. The molecule has 2 aromatic carbocycles. The van der Waals surface area contributed by atoms with E-state index in [-0.39, 0.29) is 11.3 Å². The minimum atomic E-state index is -0.746. The molecule has 0 unspecified atom stereocenters. The molecule has 142 valence electrons. The van der Waals surface area contributed by atoms with Crippen LogP contribution in [-0.2, 0) is 14.3 Å². The van der Waals surface area contributed by atoms with Crippen molar-refractivity contribution in [1.82, 2.24) is 0 Å². The Morgan fingerprint density at radius 2 is 1.78 bits per heavy atom. The number of aryl methyl sites for hydroxylation is 1. The van der Waals surface area contributed by atoms with E-state index >= 15 is 0 Å². The van der Waals surface area contributed by atoms with Gasteiger partial charge in [0.1, 0.15) is 11.3 Å². The molecule has 0 saturated heterocycles. The number of carbonyl (C=O) groups excluding carboxylic acids is 3. The number of hydrogen-bond donors (Lipinski definition) is 1. The second-order valence-electron chi connectivity index (χ2n) is 5.49. The van der Waals surface area contributed by atoms with Gasteiger partial charge in [-0.05, 0) is 42.8 Å². The largest absolute Gasteiger partial charge is 0.496 e. The van der Waals surface area contributed by atoms with Crippen LogP contribution >= 0.6 is 11.6 Å². The van der Waals surface area contributed by atoms with Crippen LogP contribution in [0, 0.1) is 6.92 Å². The van der Waals surface area contributed by atoms with Gasteiger partial charge in [-0.15, -0.1) is 0 Å². The summed E-state index contributed by atoms with van der Waals surface area (Å²) in [7, 11) is 2.67. The highest BCUT2D eigenvalue weighted by atomic mass is 35.5. The Morgan fingerprint density at radius 1 is 1.04 bits per heavy atom. The minimum Gasteiger partial charge on any atom is -0.496 e. The lowest BCUT2D eigenvalue weighted by Gasteiger charge is -2.11. The molecule has 0 aliphatic rings. The molecule has 1 N–H and O–H groups in total. The average Bonchev–Trinajstić information content (AvgIpc) is 2.67. The molecule has 0 heterocycles. The maximum Gasteiger partial charge on any atom is 0.342 e. The van der Waals surface area contributed by atoms with Gasteiger partial charge >= 0.3 is 11.9 Å². The maximum atomic E-state index is 12.2. The Bertz CT molecular complexity index is 880. The maximum absolute atomic E-state index is 12.2. The Hall–Kier alpha value is -3.06. The van der Waals surface area contributed by atoms with Crippen LogP contribution in [0.5, 0.6) is 5.75 Å². The fourth-order valence-electron chi connectivity index (χ4n) is 2.24. The molecule has 2 rings (SSSR count). The zero-order valence-electron chi connectivity index (χ0n) is 15.0. The van der Waals surface area contributed by atoms with Crippen LogP contribution in [-0.4, -0.2) is 38.7 Å². The van der Waals surface area contributed by atoms with Gasteiger partial charge in [-0.2, -0.15) is 0 Å². The highest BCUT2D eigenvalue weighted by Gasteiger charge is 2.17. The third-order valence-electron chi connectivity index (χ3n) is 3.65. The molecule has 2 aromatic rings. The summed E-state index contributed by atoms with van der Waals surface area (Å²) in [5.74, 6) is -1.55. The van der Waals surface area contributed by atoms with Crippen molar-refractivity contribution in [3.8, 4) is 5.75 Å². The number of esters is 2. The number of ether oxygens (including phenoxy) is 3. The predicted molar refractivity (Wildman–Crippen MR) is 99.4 cm³/mol. The first kappa shape index (κ1) is 20.3. The summed E-state index contributed by atoms with van der Waals surface area (Å²) in [5.41, 5.74) is 1.55. The Labute approximate surface area is 161 Å². The summed E-state index contributed by atoms with van der Waals surface area (Å²) in [4.78, 5) is 35.9.